The molecule has 0 saturated heterocycles. The first-order valence-electron chi connectivity index (χ1n) is 18.5. The average Bonchev–Trinajstić information content (AvgIpc) is 2.95. The van der Waals surface area contributed by atoms with Gasteiger partial charge in [0.15, 0.2) is 0 Å². The molecule has 0 aliphatic rings. The Hall–Kier alpha value is -0.820. The number of nitrogens with zero attached hydrogens (tertiary/aromatic N) is 1. The SMILES string of the molecule is CCCCCCCCCCCCCCCCCC(CCCCCCCCCCCC)[N+](C)(C)Cc1ccccc1. The molecule has 1 heteroatoms. The van der Waals surface area contributed by atoms with Gasteiger partial charge in [-0.3, -0.25) is 0 Å². The molecule has 0 bridgehead atoms. The lowest BCUT2D eigenvalue weighted by atomic mass is 9.96. The third-order valence-corrected chi connectivity index (χ3v) is 9.45. The third-order valence-electron chi connectivity index (χ3n) is 9.45. The Bertz CT molecular complexity index is 621. The number of hydrogen-bond donors (Lipinski definition) is 0. The molecule has 0 amide bonds. The van der Waals surface area contributed by atoms with Crippen LogP contribution in [0.4, 0.5) is 0 Å². The van der Waals surface area contributed by atoms with Crippen molar-refractivity contribution in [3.63, 3.8) is 0 Å². The molecule has 0 aliphatic carbocycles. The molecule has 0 radical (unpaired) electrons. The van der Waals surface area contributed by atoms with Crippen molar-refractivity contribution >= 4 is 0 Å². The molecule has 40 heavy (non-hydrogen) atoms. The van der Waals surface area contributed by atoms with E-state index in [0.29, 0.717) is 0 Å². The highest BCUT2D eigenvalue weighted by atomic mass is 15.3. The molecular formula is C39H74N+. The highest BCUT2D eigenvalue weighted by Crippen LogP contribution is 2.25. The van der Waals surface area contributed by atoms with Crippen LogP contribution in [0.25, 0.3) is 0 Å². The fraction of sp³-hybridized carbons (Fsp3) is 0.846. The van der Waals surface area contributed by atoms with Crippen LogP contribution in [0.15, 0.2) is 30.3 Å². The van der Waals surface area contributed by atoms with Crippen LogP contribution >= 0.6 is 0 Å². The number of unbranched alkanes of at least 4 members (excludes halogenated alkanes) is 23. The molecule has 1 aromatic rings. The van der Waals surface area contributed by atoms with Gasteiger partial charge >= 0.3 is 0 Å². The first-order valence-corrected chi connectivity index (χ1v) is 18.5. The van der Waals surface area contributed by atoms with E-state index in [1.165, 1.54) is 185 Å². The molecule has 1 atom stereocenters. The van der Waals surface area contributed by atoms with Crippen molar-refractivity contribution in [1.82, 2.24) is 0 Å². The van der Waals surface area contributed by atoms with Gasteiger partial charge in [0.2, 0.25) is 0 Å². The summed E-state index contributed by atoms with van der Waals surface area (Å²) in [5, 5.41) is 0. The topological polar surface area (TPSA) is 0 Å². The summed E-state index contributed by atoms with van der Waals surface area (Å²) >= 11 is 0. The number of quaternary nitrogens is 1. The minimum Gasteiger partial charge on any atom is -0.322 e. The molecule has 0 heterocycles. The Kier molecular flexibility index (Phi) is 25.2. The molecule has 1 unspecified atom stereocenters. The van der Waals surface area contributed by atoms with Crippen LogP contribution in [-0.2, 0) is 6.54 Å². The van der Waals surface area contributed by atoms with E-state index in [1.54, 1.807) is 0 Å². The highest BCUT2D eigenvalue weighted by Gasteiger charge is 2.27. The fourth-order valence-corrected chi connectivity index (χ4v) is 6.65. The molecule has 1 nitrogen and oxygen atoms in total. The fourth-order valence-electron chi connectivity index (χ4n) is 6.65. The summed E-state index contributed by atoms with van der Waals surface area (Å²) in [6, 6.07) is 12.0. The van der Waals surface area contributed by atoms with Crippen LogP contribution in [0.5, 0.6) is 0 Å². The van der Waals surface area contributed by atoms with Gasteiger partial charge in [0.05, 0.1) is 20.1 Å². The lowest BCUT2D eigenvalue weighted by molar-refractivity contribution is -0.928. The molecule has 0 aliphatic heterocycles. The van der Waals surface area contributed by atoms with E-state index < -0.39 is 0 Å². The predicted octanol–water partition coefficient (Wildman–Crippen LogP) is 13.2. The van der Waals surface area contributed by atoms with Crippen molar-refractivity contribution in [2.24, 2.45) is 0 Å². The highest BCUT2D eigenvalue weighted by molar-refractivity contribution is 5.13. The van der Waals surface area contributed by atoms with Gasteiger partial charge in [-0.05, 0) is 25.7 Å². The Balaban J connectivity index is 2.21. The second kappa shape index (κ2) is 27.0. The Morgan fingerprint density at radius 1 is 0.425 bits per heavy atom. The largest absolute Gasteiger partial charge is 0.322 e. The molecule has 0 spiro atoms. The van der Waals surface area contributed by atoms with E-state index in [4.69, 9.17) is 0 Å². The molecule has 0 N–H and O–H groups in total. The second-order valence-electron chi connectivity index (χ2n) is 13.8. The van der Waals surface area contributed by atoms with Gasteiger partial charge in [-0.15, -0.1) is 0 Å². The van der Waals surface area contributed by atoms with Crippen molar-refractivity contribution in [1.29, 1.82) is 0 Å². The third kappa shape index (κ3) is 21.9. The lowest BCUT2D eigenvalue weighted by Crippen LogP contribution is -2.48. The average molecular weight is 557 g/mol. The standard InChI is InChI=1S/C39H74N/c1-5-7-9-11-13-15-17-18-19-20-21-23-25-27-32-36-39(40(3,4)37-38-33-29-28-30-34-38)35-31-26-24-22-16-14-12-10-8-6-2/h28-30,33-34,39H,5-27,31-32,35-37H2,1-4H3/q+1. The summed E-state index contributed by atoms with van der Waals surface area (Å²) < 4.78 is 1.15. The zero-order chi connectivity index (χ0) is 29.0. The predicted molar refractivity (Wildman–Crippen MR) is 182 cm³/mol. The summed E-state index contributed by atoms with van der Waals surface area (Å²) in [5.41, 5.74) is 1.50. The van der Waals surface area contributed by atoms with Crippen molar-refractivity contribution in [2.45, 2.75) is 200 Å². The van der Waals surface area contributed by atoms with Crippen molar-refractivity contribution < 1.29 is 4.48 Å². The monoisotopic (exact) mass is 557 g/mol. The van der Waals surface area contributed by atoms with Crippen molar-refractivity contribution in [3.8, 4) is 0 Å². The van der Waals surface area contributed by atoms with Gasteiger partial charge in [-0.2, -0.15) is 0 Å². The minimum atomic E-state index is 0.802. The normalized spacial score (nSPS) is 12.7. The molecule has 1 aromatic carbocycles. The number of hydrogen-bond acceptors (Lipinski definition) is 0. The van der Waals surface area contributed by atoms with Crippen LogP contribution in [0.1, 0.15) is 193 Å². The van der Waals surface area contributed by atoms with E-state index in [2.05, 4.69) is 58.3 Å². The number of benzene rings is 1. The molecule has 0 fully saturated rings. The first kappa shape index (κ1) is 37.2. The first-order chi connectivity index (χ1) is 19.6. The van der Waals surface area contributed by atoms with Crippen LogP contribution < -0.4 is 0 Å². The summed E-state index contributed by atoms with van der Waals surface area (Å²) in [4.78, 5) is 0. The van der Waals surface area contributed by atoms with E-state index in [9.17, 15) is 0 Å². The summed E-state index contributed by atoms with van der Waals surface area (Å²) in [7, 11) is 5.00. The minimum absolute atomic E-state index is 0.802. The van der Waals surface area contributed by atoms with Gasteiger partial charge in [0.1, 0.15) is 6.54 Å². The van der Waals surface area contributed by atoms with E-state index in [0.717, 1.165) is 10.5 Å². The van der Waals surface area contributed by atoms with Gasteiger partial charge in [-0.25, -0.2) is 0 Å². The van der Waals surface area contributed by atoms with Crippen LogP contribution in [0.2, 0.25) is 0 Å². The zero-order valence-corrected chi connectivity index (χ0v) is 28.2. The Morgan fingerprint density at radius 3 is 1.05 bits per heavy atom. The molecule has 0 saturated carbocycles. The molecular weight excluding hydrogens is 482 g/mol. The lowest BCUT2D eigenvalue weighted by Gasteiger charge is -2.39. The van der Waals surface area contributed by atoms with Gasteiger partial charge in [-0.1, -0.05) is 192 Å². The maximum Gasteiger partial charge on any atom is 0.104 e. The van der Waals surface area contributed by atoms with Crippen molar-refractivity contribution in [2.75, 3.05) is 14.1 Å². The quantitative estimate of drug-likeness (QED) is 0.0653. The smallest absolute Gasteiger partial charge is 0.104 e. The van der Waals surface area contributed by atoms with E-state index in [1.807, 2.05) is 0 Å². The Morgan fingerprint density at radius 2 is 0.725 bits per heavy atom. The van der Waals surface area contributed by atoms with E-state index >= 15 is 0 Å². The van der Waals surface area contributed by atoms with Gasteiger partial charge < -0.3 is 4.48 Å². The van der Waals surface area contributed by atoms with Crippen molar-refractivity contribution in [3.05, 3.63) is 35.9 Å². The van der Waals surface area contributed by atoms with Gasteiger partial charge in [0.25, 0.3) is 0 Å². The van der Waals surface area contributed by atoms with Crippen LogP contribution in [0.3, 0.4) is 0 Å². The molecule has 234 valence electrons. The molecule has 1 rings (SSSR count). The Labute approximate surface area is 253 Å². The summed E-state index contributed by atoms with van der Waals surface area (Å²) in [6.07, 6.45) is 39.0. The van der Waals surface area contributed by atoms with E-state index in [-0.39, 0.29) is 0 Å². The zero-order valence-electron chi connectivity index (χ0n) is 28.2. The van der Waals surface area contributed by atoms with Crippen LogP contribution in [-0.4, -0.2) is 24.6 Å². The van der Waals surface area contributed by atoms with Gasteiger partial charge in [0, 0.05) is 5.56 Å². The number of rotatable bonds is 30. The summed E-state index contributed by atoms with van der Waals surface area (Å²) in [6.45, 7) is 5.79. The maximum atomic E-state index is 2.50. The molecule has 0 aromatic heterocycles. The van der Waals surface area contributed by atoms with Crippen LogP contribution in [0, 0.1) is 0 Å². The second-order valence-corrected chi connectivity index (χ2v) is 13.8. The summed E-state index contributed by atoms with van der Waals surface area (Å²) in [5.74, 6) is 0. The maximum absolute atomic E-state index is 2.50.